The summed E-state index contributed by atoms with van der Waals surface area (Å²) in [4.78, 5) is 28.3. The van der Waals surface area contributed by atoms with Crippen molar-refractivity contribution in [2.24, 2.45) is 5.92 Å². The second-order valence-corrected chi connectivity index (χ2v) is 6.45. The number of carboxylic acids is 1. The van der Waals surface area contributed by atoms with E-state index in [1.54, 1.807) is 0 Å². The number of aliphatic carboxylic acids is 1. The lowest BCUT2D eigenvalue weighted by molar-refractivity contribution is -0.206. The number of urea groups is 1. The molecule has 1 aromatic heterocycles. The average Bonchev–Trinajstić information content (AvgIpc) is 2.84. The summed E-state index contributed by atoms with van der Waals surface area (Å²) in [6.07, 6.45) is -5.05. The van der Waals surface area contributed by atoms with E-state index in [0.717, 1.165) is 17.3 Å². The minimum absolute atomic E-state index is 0.0448. The van der Waals surface area contributed by atoms with Crippen LogP contribution in [0.5, 0.6) is 0 Å². The standard InChI is InChI=1S/C14H13ClF4N4O3/c15-6-3-8(16)9(20-4-6)5-22-13(26)23-10(21-22)2-1-7(14(17,18)19)11(23)12(24)25/h3-4,7,10-11,21H,1-2,5H2,(H,24,25). The van der Waals surface area contributed by atoms with Crippen molar-refractivity contribution in [1.82, 2.24) is 20.3 Å². The number of aromatic nitrogens is 1. The highest BCUT2D eigenvalue weighted by Gasteiger charge is 2.57. The van der Waals surface area contributed by atoms with Gasteiger partial charge in [-0.05, 0) is 18.9 Å². The van der Waals surface area contributed by atoms with E-state index in [1.165, 1.54) is 0 Å². The number of hydrazine groups is 1. The number of piperidine rings is 1. The molecule has 2 amide bonds. The number of rotatable bonds is 3. The predicted molar refractivity (Wildman–Crippen MR) is 79.1 cm³/mol. The van der Waals surface area contributed by atoms with Crippen LogP contribution in [-0.4, -0.2) is 50.4 Å². The van der Waals surface area contributed by atoms with Crippen LogP contribution in [0, 0.1) is 11.7 Å². The first kappa shape index (κ1) is 18.6. The van der Waals surface area contributed by atoms with Crippen LogP contribution < -0.4 is 5.43 Å². The van der Waals surface area contributed by atoms with Crippen molar-refractivity contribution < 1.29 is 32.3 Å². The van der Waals surface area contributed by atoms with Crippen molar-refractivity contribution in [3.8, 4) is 0 Å². The molecule has 2 N–H and O–H groups in total. The molecule has 3 rings (SSSR count). The third-order valence-electron chi connectivity index (χ3n) is 4.39. The Morgan fingerprint density at radius 2 is 2.12 bits per heavy atom. The van der Waals surface area contributed by atoms with Crippen molar-refractivity contribution in [3.05, 3.63) is 28.8 Å². The Hall–Kier alpha value is -2.14. The number of hydrogen-bond donors (Lipinski definition) is 2. The second kappa shape index (κ2) is 6.54. The Morgan fingerprint density at radius 3 is 2.69 bits per heavy atom. The molecule has 3 heterocycles. The number of carbonyl (C=O) groups excluding carboxylic acids is 1. The molecule has 0 saturated carbocycles. The first-order valence-electron chi connectivity index (χ1n) is 7.55. The first-order valence-corrected chi connectivity index (χ1v) is 7.93. The molecular formula is C14H13ClF4N4O3. The van der Waals surface area contributed by atoms with Crippen molar-refractivity contribution >= 4 is 23.6 Å². The van der Waals surface area contributed by atoms with Gasteiger partial charge in [0, 0.05) is 6.20 Å². The number of carboxylic acid groups (broad SMARTS) is 1. The molecule has 2 fully saturated rings. The molecule has 0 bridgehead atoms. The Labute approximate surface area is 149 Å². The van der Waals surface area contributed by atoms with E-state index in [1.807, 2.05) is 0 Å². The monoisotopic (exact) mass is 396 g/mol. The third-order valence-corrected chi connectivity index (χ3v) is 4.60. The smallest absolute Gasteiger partial charge is 0.394 e. The summed E-state index contributed by atoms with van der Waals surface area (Å²) in [7, 11) is 0. The minimum Gasteiger partial charge on any atom is -0.480 e. The van der Waals surface area contributed by atoms with Crippen LogP contribution in [0.1, 0.15) is 18.5 Å². The van der Waals surface area contributed by atoms with Gasteiger partial charge in [0.2, 0.25) is 0 Å². The zero-order valence-corrected chi connectivity index (χ0v) is 13.8. The Kier molecular flexibility index (Phi) is 4.69. The Morgan fingerprint density at radius 1 is 1.42 bits per heavy atom. The van der Waals surface area contributed by atoms with Gasteiger partial charge in [-0.1, -0.05) is 11.6 Å². The van der Waals surface area contributed by atoms with Crippen LogP contribution in [-0.2, 0) is 11.3 Å². The van der Waals surface area contributed by atoms with Gasteiger partial charge >= 0.3 is 18.2 Å². The van der Waals surface area contributed by atoms with Gasteiger partial charge in [-0.2, -0.15) is 13.2 Å². The topological polar surface area (TPSA) is 85.8 Å². The van der Waals surface area contributed by atoms with E-state index in [0.29, 0.717) is 4.90 Å². The second-order valence-electron chi connectivity index (χ2n) is 6.01. The average molecular weight is 397 g/mol. The number of nitrogens with one attached hydrogen (secondary N) is 1. The molecule has 12 heteroatoms. The summed E-state index contributed by atoms with van der Waals surface area (Å²) in [6, 6.07) is -2.05. The molecule has 1 aromatic rings. The molecular weight excluding hydrogens is 384 g/mol. The normalized spacial score (nSPS) is 26.2. The number of hydrogen-bond acceptors (Lipinski definition) is 4. The van der Waals surface area contributed by atoms with Gasteiger partial charge in [-0.15, -0.1) is 0 Å². The van der Waals surface area contributed by atoms with Crippen LogP contribution >= 0.6 is 11.6 Å². The quantitative estimate of drug-likeness (QED) is 0.766. The zero-order valence-electron chi connectivity index (χ0n) is 13.0. The largest absolute Gasteiger partial charge is 0.480 e. The summed E-state index contributed by atoms with van der Waals surface area (Å²) >= 11 is 5.60. The maximum absolute atomic E-state index is 13.9. The molecule has 3 atom stereocenters. The maximum atomic E-state index is 13.9. The molecule has 3 unspecified atom stereocenters. The molecule has 2 saturated heterocycles. The van der Waals surface area contributed by atoms with Gasteiger partial charge in [0.1, 0.15) is 18.0 Å². The number of amides is 2. The molecule has 26 heavy (non-hydrogen) atoms. The van der Waals surface area contributed by atoms with Crippen molar-refractivity contribution in [2.75, 3.05) is 0 Å². The summed E-state index contributed by atoms with van der Waals surface area (Å²) in [5.41, 5.74) is 2.47. The molecule has 0 spiro atoms. The molecule has 142 valence electrons. The molecule has 7 nitrogen and oxygen atoms in total. The number of alkyl halides is 3. The van der Waals surface area contributed by atoms with Gasteiger partial charge < -0.3 is 5.11 Å². The van der Waals surface area contributed by atoms with Crippen LogP contribution in [0.3, 0.4) is 0 Å². The molecule has 0 aromatic carbocycles. The lowest BCUT2D eigenvalue weighted by atomic mass is 9.87. The fourth-order valence-corrected chi connectivity index (χ4v) is 3.38. The first-order chi connectivity index (χ1) is 12.1. The minimum atomic E-state index is -4.76. The van der Waals surface area contributed by atoms with Gasteiger partial charge in [0.15, 0.2) is 0 Å². The lowest BCUT2D eigenvalue weighted by Crippen LogP contribution is -2.58. The zero-order chi connectivity index (χ0) is 19.2. The predicted octanol–water partition coefficient (Wildman–Crippen LogP) is 2.37. The van der Waals surface area contributed by atoms with E-state index < -0.39 is 55.1 Å². The van der Waals surface area contributed by atoms with Crippen LogP contribution in [0.25, 0.3) is 0 Å². The van der Waals surface area contributed by atoms with Crippen molar-refractivity contribution in [2.45, 2.75) is 37.8 Å². The van der Waals surface area contributed by atoms with E-state index in [9.17, 15) is 32.3 Å². The van der Waals surface area contributed by atoms with E-state index >= 15 is 0 Å². The molecule has 2 aliphatic rings. The van der Waals surface area contributed by atoms with E-state index in [4.69, 9.17) is 11.6 Å². The fourth-order valence-electron chi connectivity index (χ4n) is 3.23. The highest BCUT2D eigenvalue weighted by Crippen LogP contribution is 2.41. The Balaban J connectivity index is 1.85. The van der Waals surface area contributed by atoms with Gasteiger partial charge in [-0.25, -0.2) is 19.4 Å². The molecule has 0 aliphatic carbocycles. The van der Waals surface area contributed by atoms with Gasteiger partial charge in [0.05, 0.1) is 23.2 Å². The SMILES string of the molecule is O=C(O)C1C(C(F)(F)F)CCC2NN(Cc3ncc(Cl)cc3F)C(=O)N21. The number of halogens is 5. The summed E-state index contributed by atoms with van der Waals surface area (Å²) < 4.78 is 53.3. The number of fused-ring (bicyclic) bond motifs is 1. The third kappa shape index (κ3) is 3.28. The fraction of sp³-hybridized carbons (Fsp3) is 0.500. The number of pyridine rings is 1. The number of carbonyl (C=O) groups is 2. The van der Waals surface area contributed by atoms with Gasteiger partial charge in [-0.3, -0.25) is 14.9 Å². The van der Waals surface area contributed by atoms with E-state index in [2.05, 4.69) is 10.4 Å². The highest BCUT2D eigenvalue weighted by atomic mass is 35.5. The van der Waals surface area contributed by atoms with E-state index in [-0.39, 0.29) is 17.1 Å². The number of nitrogens with zero attached hydrogens (tertiary/aromatic N) is 3. The molecule has 2 aliphatic heterocycles. The summed E-state index contributed by atoms with van der Waals surface area (Å²) in [6.45, 7) is -0.391. The highest BCUT2D eigenvalue weighted by molar-refractivity contribution is 6.30. The van der Waals surface area contributed by atoms with Crippen molar-refractivity contribution in [3.63, 3.8) is 0 Å². The van der Waals surface area contributed by atoms with Crippen LogP contribution in [0.2, 0.25) is 5.02 Å². The lowest BCUT2D eigenvalue weighted by Gasteiger charge is -2.39. The van der Waals surface area contributed by atoms with Crippen LogP contribution in [0.15, 0.2) is 12.3 Å². The summed E-state index contributed by atoms with van der Waals surface area (Å²) in [5.74, 6) is -4.71. The van der Waals surface area contributed by atoms with Crippen molar-refractivity contribution in [1.29, 1.82) is 0 Å². The maximum Gasteiger partial charge on any atom is 0.394 e. The van der Waals surface area contributed by atoms with Crippen LogP contribution in [0.4, 0.5) is 22.4 Å². The Bertz CT molecular complexity index is 747. The molecule has 0 radical (unpaired) electrons. The summed E-state index contributed by atoms with van der Waals surface area (Å²) in [5, 5.41) is 10.2. The van der Waals surface area contributed by atoms with Gasteiger partial charge in [0.25, 0.3) is 0 Å².